The summed E-state index contributed by atoms with van der Waals surface area (Å²) in [6, 6.07) is 7.83. The van der Waals surface area contributed by atoms with Crippen molar-refractivity contribution in [3.05, 3.63) is 35.4 Å². The first-order chi connectivity index (χ1) is 9.50. The highest BCUT2D eigenvalue weighted by molar-refractivity contribution is 6.33. The normalized spacial score (nSPS) is 18.4. The van der Waals surface area contributed by atoms with Gasteiger partial charge in [0.25, 0.3) is 0 Å². The van der Waals surface area contributed by atoms with E-state index in [4.69, 9.17) is 5.11 Å². The zero-order valence-corrected chi connectivity index (χ0v) is 11.5. The van der Waals surface area contributed by atoms with Gasteiger partial charge in [0, 0.05) is 12.3 Å². The summed E-state index contributed by atoms with van der Waals surface area (Å²) >= 11 is 0. The van der Waals surface area contributed by atoms with Crippen molar-refractivity contribution in [3.63, 3.8) is 0 Å². The number of fused-ring (bicyclic) bond motifs is 1. The van der Waals surface area contributed by atoms with E-state index in [1.807, 2.05) is 24.3 Å². The van der Waals surface area contributed by atoms with Gasteiger partial charge in [-0.3, -0.25) is 4.79 Å². The Morgan fingerprint density at radius 3 is 2.65 bits per heavy atom. The first-order valence-electron chi connectivity index (χ1n) is 6.85. The van der Waals surface area contributed by atoms with Crippen LogP contribution in [0, 0.1) is 5.92 Å². The van der Waals surface area contributed by atoms with E-state index in [-0.39, 0.29) is 18.1 Å². The SMILES string of the molecule is CC(=O)CCC(C(=O)C(=O)O)C1CCc2ccccc21. The Kier molecular flexibility index (Phi) is 4.32. The molecule has 1 aromatic carbocycles. The molecule has 1 aliphatic carbocycles. The number of benzene rings is 1. The van der Waals surface area contributed by atoms with Crippen molar-refractivity contribution in [3.8, 4) is 0 Å². The van der Waals surface area contributed by atoms with Gasteiger partial charge in [-0.25, -0.2) is 4.79 Å². The molecule has 0 fully saturated rings. The molecule has 1 aromatic rings. The van der Waals surface area contributed by atoms with Crippen molar-refractivity contribution in [1.82, 2.24) is 0 Å². The van der Waals surface area contributed by atoms with Crippen LogP contribution in [-0.2, 0) is 20.8 Å². The van der Waals surface area contributed by atoms with Crippen molar-refractivity contribution in [2.45, 2.75) is 38.5 Å². The number of rotatable bonds is 6. The summed E-state index contributed by atoms with van der Waals surface area (Å²) in [6.07, 6.45) is 2.22. The molecule has 106 valence electrons. The van der Waals surface area contributed by atoms with Gasteiger partial charge in [-0.1, -0.05) is 24.3 Å². The van der Waals surface area contributed by atoms with Crippen LogP contribution in [0.2, 0.25) is 0 Å². The number of ketones is 2. The van der Waals surface area contributed by atoms with Crippen LogP contribution in [0.4, 0.5) is 0 Å². The predicted molar refractivity (Wildman–Crippen MR) is 73.6 cm³/mol. The maximum absolute atomic E-state index is 11.9. The van der Waals surface area contributed by atoms with Crippen molar-refractivity contribution in [1.29, 1.82) is 0 Å². The standard InChI is InChI=1S/C16H18O4/c1-10(17)6-8-14(15(18)16(19)20)13-9-7-11-4-2-3-5-12(11)13/h2-5,13-14H,6-9H2,1H3,(H,19,20). The average Bonchev–Trinajstić information content (AvgIpc) is 2.82. The molecule has 1 N–H and O–H groups in total. The number of carbonyl (C=O) groups excluding carboxylic acids is 2. The number of Topliss-reactive ketones (excluding diaryl/α,β-unsaturated/α-hetero) is 2. The van der Waals surface area contributed by atoms with Gasteiger partial charge < -0.3 is 9.90 Å². The van der Waals surface area contributed by atoms with Crippen LogP contribution in [0.3, 0.4) is 0 Å². The Balaban J connectivity index is 2.25. The molecule has 0 amide bonds. The lowest BCUT2D eigenvalue weighted by atomic mass is 9.81. The molecule has 0 bridgehead atoms. The molecular formula is C16H18O4. The van der Waals surface area contributed by atoms with Crippen molar-refractivity contribution < 1.29 is 19.5 Å². The molecule has 4 nitrogen and oxygen atoms in total. The predicted octanol–water partition coefficient (Wildman–Crippen LogP) is 2.36. The molecule has 2 rings (SSSR count). The monoisotopic (exact) mass is 274 g/mol. The van der Waals surface area contributed by atoms with E-state index in [1.165, 1.54) is 12.5 Å². The van der Waals surface area contributed by atoms with Gasteiger partial charge in [-0.2, -0.15) is 0 Å². The lowest BCUT2D eigenvalue weighted by Gasteiger charge is -2.21. The highest BCUT2D eigenvalue weighted by Crippen LogP contribution is 2.40. The average molecular weight is 274 g/mol. The van der Waals surface area contributed by atoms with Gasteiger partial charge in [0.15, 0.2) is 0 Å². The van der Waals surface area contributed by atoms with Crippen LogP contribution >= 0.6 is 0 Å². The maximum Gasteiger partial charge on any atom is 0.372 e. The smallest absolute Gasteiger partial charge is 0.372 e. The first kappa shape index (κ1) is 14.4. The fourth-order valence-corrected chi connectivity index (χ4v) is 3.04. The number of carbonyl (C=O) groups is 3. The summed E-state index contributed by atoms with van der Waals surface area (Å²) in [6.45, 7) is 1.46. The molecule has 0 aliphatic heterocycles. The van der Waals surface area contributed by atoms with E-state index < -0.39 is 17.7 Å². The third kappa shape index (κ3) is 2.95. The maximum atomic E-state index is 11.9. The molecule has 1 aliphatic rings. The third-order valence-corrected chi connectivity index (χ3v) is 4.02. The molecule has 0 saturated heterocycles. The van der Waals surface area contributed by atoms with Crippen molar-refractivity contribution in [2.75, 3.05) is 0 Å². The van der Waals surface area contributed by atoms with Crippen LogP contribution in [-0.4, -0.2) is 22.6 Å². The van der Waals surface area contributed by atoms with E-state index in [0.29, 0.717) is 6.42 Å². The number of aliphatic carboxylic acids is 1. The van der Waals surface area contributed by atoms with Gasteiger partial charge in [0.1, 0.15) is 5.78 Å². The van der Waals surface area contributed by atoms with Gasteiger partial charge in [-0.05, 0) is 43.2 Å². The second-order valence-electron chi connectivity index (χ2n) is 5.36. The van der Waals surface area contributed by atoms with E-state index >= 15 is 0 Å². The number of carboxylic acids is 1. The zero-order valence-electron chi connectivity index (χ0n) is 11.5. The number of hydrogen-bond donors (Lipinski definition) is 1. The Hall–Kier alpha value is -1.97. The Morgan fingerprint density at radius 2 is 2.00 bits per heavy atom. The highest BCUT2D eigenvalue weighted by Gasteiger charge is 2.36. The molecule has 4 heteroatoms. The molecule has 20 heavy (non-hydrogen) atoms. The first-order valence-corrected chi connectivity index (χ1v) is 6.85. The minimum Gasteiger partial charge on any atom is -0.475 e. The second-order valence-corrected chi connectivity index (χ2v) is 5.36. The Bertz CT molecular complexity index is 547. The zero-order chi connectivity index (χ0) is 14.7. The lowest BCUT2D eigenvalue weighted by molar-refractivity contribution is -0.151. The van der Waals surface area contributed by atoms with Crippen molar-refractivity contribution in [2.24, 2.45) is 5.92 Å². The largest absolute Gasteiger partial charge is 0.475 e. The Labute approximate surface area is 117 Å². The van der Waals surface area contributed by atoms with Crippen LogP contribution in [0.15, 0.2) is 24.3 Å². The van der Waals surface area contributed by atoms with Crippen LogP contribution in [0.5, 0.6) is 0 Å². The van der Waals surface area contributed by atoms with E-state index in [9.17, 15) is 14.4 Å². The molecule has 0 spiro atoms. The topological polar surface area (TPSA) is 71.4 Å². The van der Waals surface area contributed by atoms with E-state index in [1.54, 1.807) is 0 Å². The van der Waals surface area contributed by atoms with Crippen LogP contribution in [0.25, 0.3) is 0 Å². The third-order valence-electron chi connectivity index (χ3n) is 4.02. The van der Waals surface area contributed by atoms with Gasteiger partial charge in [0.2, 0.25) is 5.78 Å². The summed E-state index contributed by atoms with van der Waals surface area (Å²) in [4.78, 5) is 34.1. The summed E-state index contributed by atoms with van der Waals surface area (Å²) < 4.78 is 0. The summed E-state index contributed by atoms with van der Waals surface area (Å²) in [7, 11) is 0. The fraction of sp³-hybridized carbons (Fsp3) is 0.438. The number of carboxylic acid groups (broad SMARTS) is 1. The fourth-order valence-electron chi connectivity index (χ4n) is 3.04. The molecule has 2 atom stereocenters. The highest BCUT2D eigenvalue weighted by atomic mass is 16.4. The molecular weight excluding hydrogens is 256 g/mol. The van der Waals surface area contributed by atoms with Gasteiger partial charge in [0.05, 0.1) is 0 Å². The molecule has 0 saturated carbocycles. The van der Waals surface area contributed by atoms with Crippen molar-refractivity contribution >= 4 is 17.5 Å². The summed E-state index contributed by atoms with van der Waals surface area (Å²) in [5, 5.41) is 8.99. The van der Waals surface area contributed by atoms with Crippen LogP contribution < -0.4 is 0 Å². The Morgan fingerprint density at radius 1 is 1.30 bits per heavy atom. The quantitative estimate of drug-likeness (QED) is 0.808. The minimum atomic E-state index is -1.40. The molecule has 0 aromatic heterocycles. The minimum absolute atomic E-state index is 0.0144. The summed E-state index contributed by atoms with van der Waals surface area (Å²) in [5.74, 6) is -2.86. The molecule has 2 unspecified atom stereocenters. The molecule has 0 radical (unpaired) electrons. The second kappa shape index (κ2) is 5.99. The number of aryl methyl sites for hydroxylation is 1. The van der Waals surface area contributed by atoms with Crippen LogP contribution in [0.1, 0.15) is 43.2 Å². The number of hydrogen-bond acceptors (Lipinski definition) is 3. The molecule has 0 heterocycles. The van der Waals surface area contributed by atoms with E-state index in [0.717, 1.165) is 18.4 Å². The van der Waals surface area contributed by atoms with Gasteiger partial charge in [-0.15, -0.1) is 0 Å². The lowest BCUT2D eigenvalue weighted by Crippen LogP contribution is -2.28. The summed E-state index contributed by atoms with van der Waals surface area (Å²) in [5.41, 5.74) is 2.25. The van der Waals surface area contributed by atoms with Gasteiger partial charge >= 0.3 is 5.97 Å². The van der Waals surface area contributed by atoms with E-state index in [2.05, 4.69) is 0 Å².